The number of carbonyl (C=O) groups is 1. The summed E-state index contributed by atoms with van der Waals surface area (Å²) in [6.45, 7) is 6.03. The van der Waals surface area contributed by atoms with Gasteiger partial charge < -0.3 is 24.1 Å². The number of ether oxygens (including phenoxy) is 3. The molecule has 0 aliphatic carbocycles. The van der Waals surface area contributed by atoms with Crippen molar-refractivity contribution in [2.45, 2.75) is 38.7 Å². The van der Waals surface area contributed by atoms with Gasteiger partial charge in [0.1, 0.15) is 23.9 Å². The second-order valence-electron chi connectivity index (χ2n) is 8.42. The highest BCUT2D eigenvalue weighted by molar-refractivity contribution is 5.94. The Morgan fingerprint density at radius 1 is 1.03 bits per heavy atom. The highest BCUT2D eigenvalue weighted by Crippen LogP contribution is 2.35. The Balaban J connectivity index is 1.39. The predicted octanol–water partition coefficient (Wildman–Crippen LogP) is 4.36. The molecule has 2 aromatic carbocycles. The molecule has 0 radical (unpaired) electrons. The molecule has 0 bridgehead atoms. The first-order chi connectivity index (χ1) is 16.0. The Morgan fingerprint density at radius 3 is 2.30 bits per heavy atom. The lowest BCUT2D eigenvalue weighted by atomic mass is 9.74. The molecule has 4 rings (SSSR count). The number of amides is 1. The molecule has 1 N–H and O–H groups in total. The maximum atomic E-state index is 12.9. The number of benzene rings is 2. The Kier molecular flexibility index (Phi) is 6.99. The zero-order valence-corrected chi connectivity index (χ0v) is 19.3. The van der Waals surface area contributed by atoms with Crippen molar-refractivity contribution in [3.8, 4) is 11.5 Å². The number of carbonyl (C=O) groups excluding carboxylic acids is 1. The van der Waals surface area contributed by atoms with Crippen LogP contribution < -0.4 is 14.8 Å². The van der Waals surface area contributed by atoms with Crippen LogP contribution in [0.25, 0.3) is 0 Å². The molecule has 1 saturated heterocycles. The number of aryl methyl sites for hydroxylation is 2. The average Bonchev–Trinajstić information content (AvgIpc) is 3.19. The first kappa shape index (κ1) is 22.9. The van der Waals surface area contributed by atoms with Crippen molar-refractivity contribution in [1.82, 2.24) is 10.5 Å². The van der Waals surface area contributed by atoms with Crippen LogP contribution in [0.1, 0.15) is 45.8 Å². The lowest BCUT2D eigenvalue weighted by molar-refractivity contribution is 0.0487. The van der Waals surface area contributed by atoms with Gasteiger partial charge in [-0.25, -0.2) is 0 Å². The number of nitrogens with one attached hydrogen (secondary N) is 1. The third-order valence-electron chi connectivity index (χ3n) is 6.42. The topological polar surface area (TPSA) is 82.8 Å². The summed E-state index contributed by atoms with van der Waals surface area (Å²) in [6.07, 6.45) is 1.71. The lowest BCUT2D eigenvalue weighted by Crippen LogP contribution is -2.44. The van der Waals surface area contributed by atoms with Crippen molar-refractivity contribution >= 4 is 5.91 Å². The van der Waals surface area contributed by atoms with Crippen LogP contribution in [0.5, 0.6) is 11.5 Å². The first-order valence-electron chi connectivity index (χ1n) is 11.2. The fraction of sp³-hybridized carbons (Fsp3) is 0.385. The average molecular weight is 451 g/mol. The van der Waals surface area contributed by atoms with E-state index in [0.29, 0.717) is 37.7 Å². The number of rotatable bonds is 8. The maximum absolute atomic E-state index is 12.9. The second kappa shape index (κ2) is 10.1. The van der Waals surface area contributed by atoms with Crippen LogP contribution in [-0.2, 0) is 16.8 Å². The van der Waals surface area contributed by atoms with Gasteiger partial charge in [0.05, 0.1) is 18.4 Å². The highest BCUT2D eigenvalue weighted by Gasteiger charge is 2.35. The van der Waals surface area contributed by atoms with Gasteiger partial charge in [-0.15, -0.1) is 0 Å². The van der Waals surface area contributed by atoms with Crippen LogP contribution in [0.3, 0.4) is 0 Å². The molecule has 3 aromatic rings. The van der Waals surface area contributed by atoms with E-state index in [9.17, 15) is 4.79 Å². The fourth-order valence-corrected chi connectivity index (χ4v) is 4.19. The van der Waals surface area contributed by atoms with Gasteiger partial charge in [-0.1, -0.05) is 17.3 Å². The van der Waals surface area contributed by atoms with Crippen LogP contribution >= 0.6 is 0 Å². The Bertz CT molecular complexity index is 1050. The van der Waals surface area contributed by atoms with E-state index in [4.69, 9.17) is 18.7 Å². The normalized spacial score (nSPS) is 15.1. The van der Waals surface area contributed by atoms with E-state index in [2.05, 4.69) is 22.6 Å². The van der Waals surface area contributed by atoms with Gasteiger partial charge >= 0.3 is 0 Å². The molecule has 33 heavy (non-hydrogen) atoms. The number of hydrogen-bond donors (Lipinski definition) is 1. The maximum Gasteiger partial charge on any atom is 0.251 e. The van der Waals surface area contributed by atoms with E-state index in [1.165, 1.54) is 5.56 Å². The van der Waals surface area contributed by atoms with Crippen molar-refractivity contribution in [3.63, 3.8) is 0 Å². The molecule has 1 amide bonds. The summed E-state index contributed by atoms with van der Waals surface area (Å²) in [7, 11) is 1.66. The second-order valence-corrected chi connectivity index (χ2v) is 8.42. The molecule has 0 saturated carbocycles. The molecule has 0 spiro atoms. The zero-order valence-electron chi connectivity index (χ0n) is 19.3. The molecule has 7 heteroatoms. The molecule has 2 heterocycles. The van der Waals surface area contributed by atoms with Crippen LogP contribution in [0.2, 0.25) is 0 Å². The molecule has 0 unspecified atom stereocenters. The number of aromatic nitrogens is 1. The van der Waals surface area contributed by atoms with Crippen molar-refractivity contribution in [2.75, 3.05) is 26.9 Å². The molecular formula is C26H30N2O5. The van der Waals surface area contributed by atoms with E-state index < -0.39 is 0 Å². The Labute approximate surface area is 194 Å². The minimum atomic E-state index is -0.155. The largest absolute Gasteiger partial charge is 0.497 e. The van der Waals surface area contributed by atoms with Crippen molar-refractivity contribution in [3.05, 3.63) is 76.7 Å². The summed E-state index contributed by atoms with van der Waals surface area (Å²) in [5, 5.41) is 7.08. The van der Waals surface area contributed by atoms with E-state index in [1.807, 2.05) is 26.0 Å². The molecular weight excluding hydrogens is 420 g/mol. The molecule has 1 fully saturated rings. The third kappa shape index (κ3) is 5.20. The van der Waals surface area contributed by atoms with Gasteiger partial charge in [-0.05, 0) is 68.7 Å². The highest BCUT2D eigenvalue weighted by atomic mass is 16.5. The molecule has 1 aliphatic rings. The smallest absolute Gasteiger partial charge is 0.251 e. The van der Waals surface area contributed by atoms with E-state index in [0.717, 1.165) is 35.6 Å². The van der Waals surface area contributed by atoms with Gasteiger partial charge in [0.15, 0.2) is 0 Å². The number of methoxy groups -OCH3 is 1. The Hall–Kier alpha value is -3.32. The molecule has 1 aliphatic heterocycles. The summed E-state index contributed by atoms with van der Waals surface area (Å²) < 4.78 is 21.9. The molecule has 7 nitrogen and oxygen atoms in total. The first-order valence-corrected chi connectivity index (χ1v) is 11.2. The van der Waals surface area contributed by atoms with E-state index >= 15 is 0 Å². The van der Waals surface area contributed by atoms with Crippen LogP contribution in [0.15, 0.2) is 53.1 Å². The van der Waals surface area contributed by atoms with Gasteiger partial charge in [-0.2, -0.15) is 0 Å². The van der Waals surface area contributed by atoms with E-state index in [1.54, 1.807) is 31.4 Å². The minimum absolute atomic E-state index is 0.105. The summed E-state index contributed by atoms with van der Waals surface area (Å²) in [4.78, 5) is 12.9. The van der Waals surface area contributed by atoms with Gasteiger partial charge in [-0.3, -0.25) is 4.79 Å². The summed E-state index contributed by atoms with van der Waals surface area (Å²) in [6, 6.07) is 15.3. The zero-order chi connectivity index (χ0) is 23.3. The van der Waals surface area contributed by atoms with Crippen LogP contribution in [0, 0.1) is 13.8 Å². The quantitative estimate of drug-likeness (QED) is 0.549. The van der Waals surface area contributed by atoms with Crippen LogP contribution in [0.4, 0.5) is 0 Å². The van der Waals surface area contributed by atoms with Gasteiger partial charge in [0, 0.05) is 30.7 Å². The summed E-state index contributed by atoms with van der Waals surface area (Å²) in [5.41, 5.74) is 3.39. The third-order valence-corrected chi connectivity index (χ3v) is 6.42. The van der Waals surface area contributed by atoms with Crippen molar-refractivity contribution in [2.24, 2.45) is 0 Å². The summed E-state index contributed by atoms with van der Waals surface area (Å²) >= 11 is 0. The molecule has 1 aromatic heterocycles. The molecule has 174 valence electrons. The van der Waals surface area contributed by atoms with Crippen molar-refractivity contribution < 1.29 is 23.5 Å². The predicted molar refractivity (Wildman–Crippen MR) is 124 cm³/mol. The Morgan fingerprint density at radius 2 is 1.70 bits per heavy atom. The van der Waals surface area contributed by atoms with Crippen LogP contribution in [-0.4, -0.2) is 37.9 Å². The number of hydrogen-bond acceptors (Lipinski definition) is 6. The van der Waals surface area contributed by atoms with E-state index in [-0.39, 0.29) is 11.3 Å². The van der Waals surface area contributed by atoms with Gasteiger partial charge in [0.25, 0.3) is 5.91 Å². The standard InChI is InChI=1S/C26H30N2O5/c1-18-24(19(2)33-28-18)16-32-23-8-4-20(5-9-23)25(29)27-17-26(12-14-31-15-13-26)21-6-10-22(30-3)11-7-21/h4-11H,12-17H2,1-3H3,(H,27,29). The monoisotopic (exact) mass is 450 g/mol. The number of nitrogens with zero attached hydrogens (tertiary/aromatic N) is 1. The SMILES string of the molecule is COc1ccc(C2(CNC(=O)c3ccc(OCc4c(C)noc4C)cc3)CCOCC2)cc1. The van der Waals surface area contributed by atoms with Crippen molar-refractivity contribution in [1.29, 1.82) is 0 Å². The minimum Gasteiger partial charge on any atom is -0.497 e. The molecule has 0 atom stereocenters. The lowest BCUT2D eigenvalue weighted by Gasteiger charge is -2.38. The van der Waals surface area contributed by atoms with Gasteiger partial charge in [0.2, 0.25) is 0 Å². The fourth-order valence-electron chi connectivity index (χ4n) is 4.19. The summed E-state index contributed by atoms with van der Waals surface area (Å²) in [5.74, 6) is 2.15.